The molecule has 8 heteroatoms. The Morgan fingerprint density at radius 3 is 2.04 bits per heavy atom. The Balaban J connectivity index is 1.49. The summed E-state index contributed by atoms with van der Waals surface area (Å²) in [4.78, 5) is 27.2. The van der Waals surface area contributed by atoms with Crippen molar-refractivity contribution in [2.24, 2.45) is 11.3 Å². The lowest BCUT2D eigenvalue weighted by molar-refractivity contribution is -0.177. The van der Waals surface area contributed by atoms with Gasteiger partial charge in [-0.2, -0.15) is 0 Å². The first-order valence-corrected chi connectivity index (χ1v) is 18.5. The van der Waals surface area contributed by atoms with E-state index in [1.165, 1.54) is 12.1 Å². The van der Waals surface area contributed by atoms with E-state index in [2.05, 4.69) is 27.7 Å². The second kappa shape index (κ2) is 15.5. The summed E-state index contributed by atoms with van der Waals surface area (Å²) >= 11 is 0. The van der Waals surface area contributed by atoms with E-state index in [4.69, 9.17) is 9.47 Å². The predicted molar refractivity (Wildman–Crippen MR) is 184 cm³/mol. The lowest BCUT2D eigenvalue weighted by atomic mass is 9.71. The van der Waals surface area contributed by atoms with Crippen LogP contribution in [-0.2, 0) is 24.1 Å². The van der Waals surface area contributed by atoms with Crippen LogP contribution in [0, 0.1) is 11.3 Å². The molecule has 1 aliphatic rings. The Labute approximate surface area is 280 Å². The van der Waals surface area contributed by atoms with Crippen LogP contribution in [0.2, 0.25) is 0 Å². The van der Waals surface area contributed by atoms with Crippen molar-refractivity contribution in [1.82, 2.24) is 0 Å². The quantitative estimate of drug-likeness (QED) is 0.162. The van der Waals surface area contributed by atoms with E-state index in [1.807, 2.05) is 31.2 Å². The van der Waals surface area contributed by atoms with Crippen LogP contribution >= 0.6 is 0 Å². The van der Waals surface area contributed by atoms with Crippen LogP contribution in [0.5, 0.6) is 5.75 Å². The van der Waals surface area contributed by atoms with Gasteiger partial charge in [-0.15, -0.1) is 0 Å². The summed E-state index contributed by atoms with van der Waals surface area (Å²) in [6.07, 6.45) is 5.81. The van der Waals surface area contributed by atoms with Gasteiger partial charge in [0, 0.05) is 0 Å². The number of phenolic OH excluding ortho intramolecular Hbond substituents is 1. The molecule has 0 spiro atoms. The summed E-state index contributed by atoms with van der Waals surface area (Å²) in [7, 11) is -3.56. The van der Waals surface area contributed by atoms with Gasteiger partial charge in [0.05, 0.1) is 21.6 Å². The fourth-order valence-electron chi connectivity index (χ4n) is 6.93. The van der Waals surface area contributed by atoms with Gasteiger partial charge in [-0.25, -0.2) is 13.2 Å². The molecule has 1 saturated carbocycles. The number of esters is 2. The lowest BCUT2D eigenvalue weighted by Crippen LogP contribution is -2.43. The summed E-state index contributed by atoms with van der Waals surface area (Å²) < 4.78 is 36.9. The van der Waals surface area contributed by atoms with Gasteiger partial charge in [0.2, 0.25) is 0 Å². The van der Waals surface area contributed by atoms with Crippen molar-refractivity contribution in [2.45, 2.75) is 102 Å². The fourth-order valence-corrected chi connectivity index (χ4v) is 8.04. The molecule has 4 rings (SSSR count). The number of carbonyl (C=O) groups is 2. The molecule has 3 atom stereocenters. The number of aromatic hydroxyl groups is 1. The zero-order valence-electron chi connectivity index (χ0n) is 28.4. The summed E-state index contributed by atoms with van der Waals surface area (Å²) in [6.45, 7) is 10.3. The highest BCUT2D eigenvalue weighted by molar-refractivity contribution is 7.91. The number of sulfone groups is 1. The van der Waals surface area contributed by atoms with Crippen molar-refractivity contribution in [1.29, 1.82) is 0 Å². The Morgan fingerprint density at radius 2 is 1.47 bits per heavy atom. The molecular formula is C39H50O7S. The molecule has 0 heterocycles. The summed E-state index contributed by atoms with van der Waals surface area (Å²) in [5.74, 6) is -0.540. The van der Waals surface area contributed by atoms with Crippen molar-refractivity contribution >= 4 is 21.8 Å². The van der Waals surface area contributed by atoms with Gasteiger partial charge in [0.25, 0.3) is 0 Å². The molecule has 254 valence electrons. The molecule has 47 heavy (non-hydrogen) atoms. The normalized spacial score (nSPS) is 17.1. The third-order valence-electron chi connectivity index (χ3n) is 10.0. The van der Waals surface area contributed by atoms with Crippen molar-refractivity contribution in [3.8, 4) is 5.75 Å². The van der Waals surface area contributed by atoms with E-state index in [-0.39, 0.29) is 46.7 Å². The fraction of sp³-hybridized carbons (Fsp3) is 0.487. The van der Waals surface area contributed by atoms with Crippen LogP contribution in [0.4, 0.5) is 0 Å². The highest BCUT2D eigenvalue weighted by Crippen LogP contribution is 2.46. The molecule has 1 N–H and O–H groups in total. The van der Waals surface area contributed by atoms with Crippen molar-refractivity contribution < 1.29 is 32.6 Å². The number of hydrogen-bond donors (Lipinski definition) is 1. The standard InChI is InChI=1S/C39H50O7S/c1-6-30(32-14-16-33(17-15-32)36(41)45-24-25-47(43,44)35-12-8-7-9-13-35)27-38(5,26-29(4)31-18-20-34(40)21-19-31)37(42)46-39(28(2)3)22-10-11-23-39/h7-9,12-21,28-30,40H,6,10-11,22-27H2,1-5H3. The first-order valence-electron chi connectivity index (χ1n) is 16.9. The Bertz CT molecular complexity index is 1570. The molecule has 0 amide bonds. The second-order valence-electron chi connectivity index (χ2n) is 13.8. The first-order chi connectivity index (χ1) is 22.3. The summed E-state index contributed by atoms with van der Waals surface area (Å²) in [5, 5.41) is 9.82. The van der Waals surface area contributed by atoms with E-state index in [1.54, 1.807) is 42.5 Å². The number of rotatable bonds is 15. The molecule has 7 nitrogen and oxygen atoms in total. The van der Waals surface area contributed by atoms with Gasteiger partial charge in [0.15, 0.2) is 9.84 Å². The average molecular weight is 663 g/mol. The smallest absolute Gasteiger partial charge is 0.338 e. The number of benzene rings is 3. The Hall–Kier alpha value is -3.65. The lowest BCUT2D eigenvalue weighted by Gasteiger charge is -2.40. The molecule has 3 unspecified atom stereocenters. The van der Waals surface area contributed by atoms with Crippen LogP contribution in [0.15, 0.2) is 83.8 Å². The minimum absolute atomic E-state index is 0.0271. The molecule has 1 aliphatic carbocycles. The minimum atomic E-state index is -3.56. The number of carbonyl (C=O) groups excluding carboxylic acids is 2. The molecule has 0 aliphatic heterocycles. The zero-order chi connectivity index (χ0) is 34.2. The van der Waals surface area contributed by atoms with Crippen LogP contribution < -0.4 is 0 Å². The minimum Gasteiger partial charge on any atom is -0.508 e. The van der Waals surface area contributed by atoms with Gasteiger partial charge >= 0.3 is 11.9 Å². The monoisotopic (exact) mass is 662 g/mol. The summed E-state index contributed by atoms with van der Waals surface area (Å²) in [6, 6.07) is 22.5. The molecule has 3 aromatic rings. The third-order valence-corrected chi connectivity index (χ3v) is 11.7. The molecule has 1 fully saturated rings. The first kappa shape index (κ1) is 36.2. The predicted octanol–water partition coefficient (Wildman–Crippen LogP) is 8.62. The SMILES string of the molecule is CCC(CC(C)(CC(C)c1ccc(O)cc1)C(=O)OC1(C(C)C)CCCC1)c1ccc(C(=O)OCCS(=O)(=O)c2ccccc2)cc1. The Kier molecular flexibility index (Phi) is 11.9. The highest BCUT2D eigenvalue weighted by Gasteiger charge is 2.46. The summed E-state index contributed by atoms with van der Waals surface area (Å²) in [5.41, 5.74) is 1.17. The maximum Gasteiger partial charge on any atom is 0.338 e. The zero-order valence-corrected chi connectivity index (χ0v) is 29.2. The maximum absolute atomic E-state index is 14.3. The molecule has 0 radical (unpaired) electrons. The number of hydrogen-bond acceptors (Lipinski definition) is 7. The molecule has 0 saturated heterocycles. The van der Waals surface area contributed by atoms with E-state index >= 15 is 0 Å². The molecule has 3 aromatic carbocycles. The molecular weight excluding hydrogens is 612 g/mol. The van der Waals surface area contributed by atoms with Gasteiger partial charge in [-0.1, -0.05) is 70.2 Å². The van der Waals surface area contributed by atoms with Crippen LogP contribution in [0.25, 0.3) is 0 Å². The van der Waals surface area contributed by atoms with Crippen molar-refractivity contribution in [3.63, 3.8) is 0 Å². The van der Waals surface area contributed by atoms with E-state index < -0.39 is 26.8 Å². The number of phenols is 1. The van der Waals surface area contributed by atoms with Crippen LogP contribution in [-0.4, -0.2) is 43.4 Å². The molecule has 0 bridgehead atoms. The van der Waals surface area contributed by atoms with E-state index in [9.17, 15) is 23.1 Å². The van der Waals surface area contributed by atoms with Crippen LogP contribution in [0.1, 0.15) is 113 Å². The number of ether oxygens (including phenoxy) is 2. The van der Waals surface area contributed by atoms with Crippen molar-refractivity contribution in [3.05, 3.63) is 95.6 Å². The second-order valence-corrected chi connectivity index (χ2v) is 15.9. The van der Waals surface area contributed by atoms with Crippen molar-refractivity contribution in [2.75, 3.05) is 12.4 Å². The third kappa shape index (κ3) is 9.04. The van der Waals surface area contributed by atoms with Gasteiger partial charge in [0.1, 0.15) is 18.0 Å². The van der Waals surface area contributed by atoms with E-state index in [0.717, 1.165) is 43.2 Å². The largest absolute Gasteiger partial charge is 0.508 e. The van der Waals surface area contributed by atoms with Gasteiger partial charge < -0.3 is 14.6 Å². The Morgan fingerprint density at radius 1 is 0.872 bits per heavy atom. The highest BCUT2D eigenvalue weighted by atomic mass is 32.2. The van der Waals surface area contributed by atoms with Gasteiger partial charge in [-0.05, 0) is 117 Å². The molecule has 0 aromatic heterocycles. The topological polar surface area (TPSA) is 107 Å². The average Bonchev–Trinajstić information content (AvgIpc) is 3.54. The van der Waals surface area contributed by atoms with Crippen LogP contribution in [0.3, 0.4) is 0 Å². The van der Waals surface area contributed by atoms with E-state index in [0.29, 0.717) is 18.4 Å². The maximum atomic E-state index is 14.3. The van der Waals surface area contributed by atoms with Gasteiger partial charge in [-0.3, -0.25) is 4.79 Å².